The van der Waals surface area contributed by atoms with Crippen LogP contribution in [0.4, 0.5) is 11.6 Å². The smallest absolute Gasteiger partial charge is 0.254 e. The molecule has 6 nitrogen and oxygen atoms in total. The van der Waals surface area contributed by atoms with Crippen molar-refractivity contribution in [1.29, 1.82) is 0 Å². The van der Waals surface area contributed by atoms with Crippen LogP contribution in [0.5, 0.6) is 0 Å². The van der Waals surface area contributed by atoms with Gasteiger partial charge in [-0.2, -0.15) is 0 Å². The van der Waals surface area contributed by atoms with Crippen LogP contribution in [0.3, 0.4) is 0 Å². The van der Waals surface area contributed by atoms with Crippen molar-refractivity contribution in [3.63, 3.8) is 0 Å². The Morgan fingerprint density at radius 1 is 1.04 bits per heavy atom. The third-order valence-electron chi connectivity index (χ3n) is 3.28. The van der Waals surface area contributed by atoms with E-state index in [1.807, 2.05) is 0 Å². The first-order valence-electron chi connectivity index (χ1n) is 7.58. The summed E-state index contributed by atoms with van der Waals surface area (Å²) in [4.78, 5) is 31.3. The van der Waals surface area contributed by atoms with Gasteiger partial charge in [-0.05, 0) is 37.6 Å². The number of unbranched alkanes of at least 4 members (excludes halogenated alkanes) is 1. The van der Waals surface area contributed by atoms with E-state index in [-0.39, 0.29) is 11.7 Å². The summed E-state index contributed by atoms with van der Waals surface area (Å²) in [6.07, 6.45) is 4.95. The fourth-order valence-corrected chi connectivity index (χ4v) is 1.91. The van der Waals surface area contributed by atoms with Crippen molar-refractivity contribution in [1.82, 2.24) is 15.3 Å². The van der Waals surface area contributed by atoms with Gasteiger partial charge in [-0.25, -0.2) is 9.97 Å². The summed E-state index contributed by atoms with van der Waals surface area (Å²) < 4.78 is 0. The van der Waals surface area contributed by atoms with E-state index in [0.717, 1.165) is 18.5 Å². The Labute approximate surface area is 135 Å². The summed E-state index contributed by atoms with van der Waals surface area (Å²) in [7, 11) is 0. The molecule has 2 rings (SSSR count). The van der Waals surface area contributed by atoms with Gasteiger partial charge >= 0.3 is 0 Å². The topological polar surface area (TPSA) is 84.0 Å². The molecule has 0 radical (unpaired) electrons. The maximum absolute atomic E-state index is 11.8. The number of Topliss-reactive ketones (excluding diaryl/α,β-unsaturated/α-hetero) is 1. The SMILES string of the molecule is CCCCNC(=O)c1cnc(Nc2ccc(C(C)=O)cc2)nc1. The van der Waals surface area contributed by atoms with Gasteiger partial charge in [0.15, 0.2) is 5.78 Å². The van der Waals surface area contributed by atoms with Crippen LogP contribution in [-0.2, 0) is 0 Å². The number of ketones is 1. The van der Waals surface area contributed by atoms with Gasteiger partial charge in [0.05, 0.1) is 5.56 Å². The molecule has 0 unspecified atom stereocenters. The van der Waals surface area contributed by atoms with Crippen LogP contribution < -0.4 is 10.6 Å². The van der Waals surface area contributed by atoms with Gasteiger partial charge in [-0.3, -0.25) is 9.59 Å². The van der Waals surface area contributed by atoms with Crippen molar-refractivity contribution < 1.29 is 9.59 Å². The lowest BCUT2D eigenvalue weighted by atomic mass is 10.1. The van der Waals surface area contributed by atoms with Gasteiger partial charge < -0.3 is 10.6 Å². The minimum atomic E-state index is -0.171. The second-order valence-electron chi connectivity index (χ2n) is 5.16. The third-order valence-corrected chi connectivity index (χ3v) is 3.28. The summed E-state index contributed by atoms with van der Waals surface area (Å²) in [6.45, 7) is 4.24. The van der Waals surface area contributed by atoms with Gasteiger partial charge in [0.25, 0.3) is 5.91 Å². The fraction of sp³-hybridized carbons (Fsp3) is 0.294. The Morgan fingerprint density at radius 2 is 1.70 bits per heavy atom. The number of nitrogens with zero attached hydrogens (tertiary/aromatic N) is 2. The minimum absolute atomic E-state index is 0.0197. The zero-order chi connectivity index (χ0) is 16.7. The first-order chi connectivity index (χ1) is 11.1. The number of benzene rings is 1. The second-order valence-corrected chi connectivity index (χ2v) is 5.16. The van der Waals surface area contributed by atoms with E-state index >= 15 is 0 Å². The zero-order valence-electron chi connectivity index (χ0n) is 13.3. The average molecular weight is 312 g/mol. The number of nitrogens with one attached hydrogen (secondary N) is 2. The molecule has 2 aromatic rings. The molecule has 120 valence electrons. The predicted octanol–water partition coefficient (Wildman–Crippen LogP) is 2.95. The Hall–Kier alpha value is -2.76. The molecule has 2 N–H and O–H groups in total. The van der Waals surface area contributed by atoms with E-state index in [4.69, 9.17) is 0 Å². The molecule has 0 aliphatic heterocycles. The van der Waals surface area contributed by atoms with Gasteiger partial charge in [-0.1, -0.05) is 13.3 Å². The standard InChI is InChI=1S/C17H20N4O2/c1-3-4-9-18-16(23)14-10-19-17(20-11-14)21-15-7-5-13(6-8-15)12(2)22/h5-8,10-11H,3-4,9H2,1-2H3,(H,18,23)(H,19,20,21). The molecule has 1 heterocycles. The highest BCUT2D eigenvalue weighted by Crippen LogP contribution is 2.14. The highest BCUT2D eigenvalue weighted by Gasteiger charge is 2.06. The van der Waals surface area contributed by atoms with Gasteiger partial charge in [0.2, 0.25) is 5.95 Å². The Bertz CT molecular complexity index is 666. The van der Waals surface area contributed by atoms with Crippen LogP contribution >= 0.6 is 0 Å². The molecule has 23 heavy (non-hydrogen) atoms. The molecule has 1 aromatic carbocycles. The van der Waals surface area contributed by atoms with Gasteiger partial charge in [0.1, 0.15) is 0 Å². The Kier molecular flexibility index (Phi) is 5.80. The third kappa shape index (κ3) is 4.88. The zero-order valence-corrected chi connectivity index (χ0v) is 13.3. The number of amides is 1. The number of anilines is 2. The number of hydrogen-bond donors (Lipinski definition) is 2. The normalized spacial score (nSPS) is 10.2. The molecule has 0 fully saturated rings. The maximum atomic E-state index is 11.8. The molecule has 0 aliphatic rings. The predicted molar refractivity (Wildman–Crippen MR) is 89.0 cm³/mol. The maximum Gasteiger partial charge on any atom is 0.254 e. The van der Waals surface area contributed by atoms with Crippen molar-refractivity contribution in [2.24, 2.45) is 0 Å². The lowest BCUT2D eigenvalue weighted by molar-refractivity contribution is 0.0951. The lowest BCUT2D eigenvalue weighted by Gasteiger charge is -2.07. The summed E-state index contributed by atoms with van der Waals surface area (Å²) in [5, 5.41) is 5.84. The lowest BCUT2D eigenvalue weighted by Crippen LogP contribution is -2.24. The molecular formula is C17H20N4O2. The fourth-order valence-electron chi connectivity index (χ4n) is 1.91. The van der Waals surface area contributed by atoms with E-state index in [0.29, 0.717) is 23.6 Å². The van der Waals surface area contributed by atoms with Crippen molar-refractivity contribution in [3.05, 3.63) is 47.8 Å². The van der Waals surface area contributed by atoms with E-state index in [1.54, 1.807) is 24.3 Å². The first kappa shape index (κ1) is 16.6. The molecule has 0 aliphatic carbocycles. The molecule has 0 spiro atoms. The molecule has 0 saturated carbocycles. The summed E-state index contributed by atoms with van der Waals surface area (Å²) in [5.41, 5.74) is 1.85. The van der Waals surface area contributed by atoms with E-state index in [9.17, 15) is 9.59 Å². The van der Waals surface area contributed by atoms with Crippen LogP contribution in [0.15, 0.2) is 36.7 Å². The highest BCUT2D eigenvalue weighted by atomic mass is 16.1. The summed E-state index contributed by atoms with van der Waals surface area (Å²) in [6, 6.07) is 7.04. The Morgan fingerprint density at radius 3 is 2.26 bits per heavy atom. The van der Waals surface area contributed by atoms with Crippen molar-refractivity contribution in [2.45, 2.75) is 26.7 Å². The van der Waals surface area contributed by atoms with Crippen LogP contribution in [0.1, 0.15) is 47.4 Å². The van der Waals surface area contributed by atoms with Gasteiger partial charge in [0, 0.05) is 30.2 Å². The van der Waals surface area contributed by atoms with E-state index < -0.39 is 0 Å². The molecule has 1 aromatic heterocycles. The molecular weight excluding hydrogens is 292 g/mol. The van der Waals surface area contributed by atoms with Gasteiger partial charge in [-0.15, -0.1) is 0 Å². The monoisotopic (exact) mass is 312 g/mol. The number of carbonyl (C=O) groups is 2. The molecule has 1 amide bonds. The van der Waals surface area contributed by atoms with Crippen LogP contribution in [0, 0.1) is 0 Å². The summed E-state index contributed by atoms with van der Waals surface area (Å²) >= 11 is 0. The summed E-state index contributed by atoms with van der Waals surface area (Å²) in [5.74, 6) is 0.243. The van der Waals surface area contributed by atoms with Crippen molar-refractivity contribution in [2.75, 3.05) is 11.9 Å². The van der Waals surface area contributed by atoms with E-state index in [1.165, 1.54) is 19.3 Å². The van der Waals surface area contributed by atoms with Crippen LogP contribution in [0.25, 0.3) is 0 Å². The number of hydrogen-bond acceptors (Lipinski definition) is 5. The quantitative estimate of drug-likeness (QED) is 0.606. The second kappa shape index (κ2) is 8.03. The minimum Gasteiger partial charge on any atom is -0.352 e. The number of carbonyl (C=O) groups excluding carboxylic acids is 2. The van der Waals surface area contributed by atoms with Crippen LogP contribution in [0.2, 0.25) is 0 Å². The molecule has 0 atom stereocenters. The van der Waals surface area contributed by atoms with Crippen LogP contribution in [-0.4, -0.2) is 28.2 Å². The van der Waals surface area contributed by atoms with Crippen molar-refractivity contribution >= 4 is 23.3 Å². The van der Waals surface area contributed by atoms with E-state index in [2.05, 4.69) is 27.5 Å². The van der Waals surface area contributed by atoms with Crippen molar-refractivity contribution in [3.8, 4) is 0 Å². The molecule has 6 heteroatoms. The molecule has 0 bridgehead atoms. The largest absolute Gasteiger partial charge is 0.352 e. The molecule has 0 saturated heterocycles. The highest BCUT2D eigenvalue weighted by molar-refractivity contribution is 5.94. The first-order valence-corrected chi connectivity index (χ1v) is 7.58. The number of rotatable bonds is 7. The average Bonchev–Trinajstić information content (AvgIpc) is 2.56. The number of aromatic nitrogens is 2. The Balaban J connectivity index is 1.96.